The van der Waals surface area contributed by atoms with Gasteiger partial charge in [0.15, 0.2) is 0 Å². The Bertz CT molecular complexity index is 2600. The van der Waals surface area contributed by atoms with E-state index in [0.29, 0.717) is 0 Å². The molecule has 0 saturated carbocycles. The van der Waals surface area contributed by atoms with Crippen LogP contribution in [0.4, 0.5) is 0 Å². The molecule has 10 rings (SSSR count). The topological polar surface area (TPSA) is 57.4 Å². The van der Waals surface area contributed by atoms with Gasteiger partial charge in [0.05, 0.1) is 22.8 Å². The van der Waals surface area contributed by atoms with Crippen molar-refractivity contribution in [1.29, 1.82) is 0 Å². The molecule has 0 amide bonds. The number of imidazole rings is 2. The maximum absolute atomic E-state index is 5.14. The summed E-state index contributed by atoms with van der Waals surface area (Å²) in [5.41, 5.74) is 15.1. The summed E-state index contributed by atoms with van der Waals surface area (Å²) in [7, 11) is 0. The molecule has 2 heterocycles. The second-order valence-corrected chi connectivity index (χ2v) is 13.9. The molecule has 2 N–H and O–H groups in total. The van der Waals surface area contributed by atoms with Gasteiger partial charge in [-0.3, -0.25) is 0 Å². The van der Waals surface area contributed by atoms with Gasteiger partial charge in [-0.15, -0.1) is 0 Å². The van der Waals surface area contributed by atoms with Crippen molar-refractivity contribution in [3.8, 4) is 90.1 Å². The van der Waals surface area contributed by atoms with Crippen LogP contribution in [0, 0.1) is 0 Å². The summed E-state index contributed by atoms with van der Waals surface area (Å²) in [6, 6.07) is 72.3. The van der Waals surface area contributed by atoms with E-state index in [2.05, 4.69) is 192 Å². The number of hydrogen-bond acceptors (Lipinski definition) is 2. The number of nitrogens with one attached hydrogen (secondary N) is 2. The summed E-state index contributed by atoms with van der Waals surface area (Å²) in [4.78, 5) is 17.6. The van der Waals surface area contributed by atoms with Gasteiger partial charge in [-0.25, -0.2) is 9.97 Å². The van der Waals surface area contributed by atoms with Gasteiger partial charge in [0.1, 0.15) is 11.6 Å². The highest BCUT2D eigenvalue weighted by atomic mass is 14.9. The molecule has 0 fully saturated rings. The lowest BCUT2D eigenvalue weighted by Crippen LogP contribution is -1.88. The Morgan fingerprint density at radius 1 is 0.268 bits per heavy atom. The fraction of sp³-hybridized carbons (Fsp3) is 0. The minimum absolute atomic E-state index is 0.844. The van der Waals surface area contributed by atoms with E-state index < -0.39 is 0 Å². The molecule has 10 aromatic rings. The normalized spacial score (nSPS) is 11.2. The van der Waals surface area contributed by atoms with E-state index in [-0.39, 0.29) is 0 Å². The lowest BCUT2D eigenvalue weighted by Gasteiger charge is -2.13. The third-order valence-electron chi connectivity index (χ3n) is 10.5. The van der Waals surface area contributed by atoms with Crippen molar-refractivity contribution >= 4 is 10.8 Å². The molecule has 0 bridgehead atoms. The van der Waals surface area contributed by atoms with Crippen LogP contribution in [0.15, 0.2) is 206 Å². The maximum atomic E-state index is 5.14. The fourth-order valence-corrected chi connectivity index (χ4v) is 7.69. The molecule has 0 aliphatic rings. The van der Waals surface area contributed by atoms with E-state index in [1.165, 1.54) is 21.9 Å². The van der Waals surface area contributed by atoms with E-state index in [1.807, 2.05) is 24.3 Å². The zero-order valence-electron chi connectivity index (χ0n) is 30.5. The van der Waals surface area contributed by atoms with Crippen molar-refractivity contribution in [2.24, 2.45) is 0 Å². The SMILES string of the molecule is c1ccc(-c2nc(-c3ccc(-c4cccc5cccc(-c6ccc(-c7nc(-c8ccccc8)c(-c8ccccc8)[nH]7)cc6)c45)cc3)[nH]c2-c2ccccc2)cc1. The van der Waals surface area contributed by atoms with Gasteiger partial charge in [0.2, 0.25) is 0 Å². The number of fused-ring (bicyclic) bond motifs is 1. The van der Waals surface area contributed by atoms with Crippen molar-refractivity contribution in [3.05, 3.63) is 206 Å². The maximum Gasteiger partial charge on any atom is 0.138 e. The van der Waals surface area contributed by atoms with Crippen molar-refractivity contribution in [2.75, 3.05) is 0 Å². The lowest BCUT2D eigenvalue weighted by molar-refractivity contribution is 1.31. The van der Waals surface area contributed by atoms with E-state index in [0.717, 1.165) is 78.9 Å². The number of aromatic amines is 2. The molecular weight excluding hydrogens is 681 g/mol. The number of nitrogens with zero attached hydrogens (tertiary/aromatic N) is 2. The number of benzene rings is 8. The van der Waals surface area contributed by atoms with Crippen molar-refractivity contribution < 1.29 is 0 Å². The number of H-pyrrole nitrogens is 2. The first-order chi connectivity index (χ1) is 27.8. The smallest absolute Gasteiger partial charge is 0.138 e. The molecule has 0 aliphatic heterocycles. The van der Waals surface area contributed by atoms with Gasteiger partial charge in [-0.05, 0) is 33.0 Å². The Labute approximate surface area is 325 Å². The van der Waals surface area contributed by atoms with Gasteiger partial charge in [0, 0.05) is 33.4 Å². The van der Waals surface area contributed by atoms with Crippen LogP contribution in [-0.4, -0.2) is 19.9 Å². The lowest BCUT2D eigenvalue weighted by atomic mass is 9.91. The van der Waals surface area contributed by atoms with Crippen LogP contribution in [0.1, 0.15) is 0 Å². The van der Waals surface area contributed by atoms with Crippen molar-refractivity contribution in [3.63, 3.8) is 0 Å². The summed E-state index contributed by atoms with van der Waals surface area (Å²) in [6.07, 6.45) is 0. The molecule has 2 aromatic heterocycles. The molecule has 0 saturated heterocycles. The van der Waals surface area contributed by atoms with Gasteiger partial charge in [0.25, 0.3) is 0 Å². The monoisotopic (exact) mass is 716 g/mol. The predicted octanol–water partition coefficient (Wildman–Crippen LogP) is 13.6. The largest absolute Gasteiger partial charge is 0.337 e. The summed E-state index contributed by atoms with van der Waals surface area (Å²) in [5, 5.41) is 2.42. The van der Waals surface area contributed by atoms with Crippen molar-refractivity contribution in [2.45, 2.75) is 0 Å². The molecule has 0 spiro atoms. The third-order valence-corrected chi connectivity index (χ3v) is 10.5. The highest BCUT2D eigenvalue weighted by Gasteiger charge is 2.18. The standard InChI is InChI=1S/C52H36N4/c1-5-15-38(16-6-1)47-48(39-17-7-2-8-18-39)54-51(53-47)42-31-27-35(28-32-42)44-25-13-23-37-24-14-26-45(46(37)44)36-29-33-43(34-30-36)52-55-49(40-19-9-3-10-20-40)50(56-52)41-21-11-4-12-22-41/h1-34H,(H,53,54)(H,55,56). The first-order valence-electron chi connectivity index (χ1n) is 18.9. The summed E-state index contributed by atoms with van der Waals surface area (Å²) in [5.74, 6) is 1.69. The molecule has 0 atom stereocenters. The Kier molecular flexibility index (Phi) is 8.47. The Balaban J connectivity index is 1.000. The first-order valence-corrected chi connectivity index (χ1v) is 18.9. The molecule has 4 nitrogen and oxygen atoms in total. The minimum atomic E-state index is 0.844. The Morgan fingerprint density at radius 3 is 0.982 bits per heavy atom. The summed E-state index contributed by atoms with van der Waals surface area (Å²) >= 11 is 0. The van der Waals surface area contributed by atoms with Gasteiger partial charge >= 0.3 is 0 Å². The van der Waals surface area contributed by atoms with E-state index in [1.54, 1.807) is 0 Å². The van der Waals surface area contributed by atoms with E-state index in [9.17, 15) is 0 Å². The van der Waals surface area contributed by atoms with Crippen molar-refractivity contribution in [1.82, 2.24) is 19.9 Å². The van der Waals surface area contributed by atoms with Gasteiger partial charge in [-0.2, -0.15) is 0 Å². The summed E-state index contributed by atoms with van der Waals surface area (Å²) < 4.78 is 0. The highest BCUT2D eigenvalue weighted by molar-refractivity contribution is 6.06. The first kappa shape index (κ1) is 33.0. The average molecular weight is 717 g/mol. The van der Waals surface area contributed by atoms with Crippen LogP contribution in [0.5, 0.6) is 0 Å². The van der Waals surface area contributed by atoms with Crippen LogP contribution in [-0.2, 0) is 0 Å². The predicted molar refractivity (Wildman–Crippen MR) is 232 cm³/mol. The molecule has 0 aliphatic carbocycles. The number of aromatic nitrogens is 4. The van der Waals surface area contributed by atoms with E-state index in [4.69, 9.17) is 9.97 Å². The minimum Gasteiger partial charge on any atom is -0.337 e. The fourth-order valence-electron chi connectivity index (χ4n) is 7.69. The molecule has 0 unspecified atom stereocenters. The zero-order chi connectivity index (χ0) is 37.3. The second kappa shape index (κ2) is 14.3. The number of rotatable bonds is 8. The quantitative estimate of drug-likeness (QED) is 0.164. The van der Waals surface area contributed by atoms with Crippen LogP contribution in [0.25, 0.3) is 101 Å². The molecule has 264 valence electrons. The molecule has 8 aromatic carbocycles. The van der Waals surface area contributed by atoms with Gasteiger partial charge in [-0.1, -0.05) is 206 Å². The summed E-state index contributed by atoms with van der Waals surface area (Å²) in [6.45, 7) is 0. The third kappa shape index (κ3) is 6.19. The second-order valence-electron chi connectivity index (χ2n) is 13.9. The van der Waals surface area contributed by atoms with Gasteiger partial charge < -0.3 is 9.97 Å². The van der Waals surface area contributed by atoms with Crippen LogP contribution in [0.2, 0.25) is 0 Å². The molecular formula is C52H36N4. The highest BCUT2D eigenvalue weighted by Crippen LogP contribution is 2.39. The molecule has 56 heavy (non-hydrogen) atoms. The average Bonchev–Trinajstić information content (AvgIpc) is 3.94. The molecule has 4 heteroatoms. The van der Waals surface area contributed by atoms with E-state index >= 15 is 0 Å². The van der Waals surface area contributed by atoms with Crippen LogP contribution >= 0.6 is 0 Å². The molecule has 0 radical (unpaired) electrons. The Morgan fingerprint density at radius 2 is 0.607 bits per heavy atom. The zero-order valence-corrected chi connectivity index (χ0v) is 30.5. The van der Waals surface area contributed by atoms with Crippen LogP contribution in [0.3, 0.4) is 0 Å². The Hall–Kier alpha value is -7.56. The number of hydrogen-bond donors (Lipinski definition) is 2. The van der Waals surface area contributed by atoms with Crippen LogP contribution < -0.4 is 0 Å².